The number of hydrogen-bond donors (Lipinski definition) is 2. The zero-order valence-corrected chi connectivity index (χ0v) is 11.1. The number of carbonyl (C=O) groups excluding carboxylic acids is 2. The molecule has 0 aromatic heterocycles. The minimum atomic E-state index is -0.459. The Kier molecular flexibility index (Phi) is 6.34. The third-order valence-electron chi connectivity index (χ3n) is 3.47. The smallest absolute Gasteiger partial charge is 0.321 e. The molecule has 0 heterocycles. The molecule has 0 aromatic rings. The normalized spacial score (nSPS) is 24.1. The Morgan fingerprint density at radius 2 is 1.76 bits per heavy atom. The van der Waals surface area contributed by atoms with Gasteiger partial charge in [-0.15, -0.1) is 11.6 Å². The molecule has 0 unspecified atom stereocenters. The Labute approximate surface area is 107 Å². The molecule has 0 saturated heterocycles. The van der Waals surface area contributed by atoms with Crippen LogP contribution in [0.1, 0.15) is 39.0 Å². The van der Waals surface area contributed by atoms with Gasteiger partial charge in [-0.2, -0.15) is 0 Å². The molecule has 1 aliphatic rings. The summed E-state index contributed by atoms with van der Waals surface area (Å²) in [6.07, 6.45) is 6.10. The van der Waals surface area contributed by atoms with E-state index in [-0.39, 0.29) is 5.88 Å². The predicted octanol–water partition coefficient (Wildman–Crippen LogP) is 2.27. The SMILES string of the molecule is CCC1CCC(CNC(=O)NC(=O)CCl)CC1. The first-order chi connectivity index (χ1) is 8.15. The molecule has 1 fully saturated rings. The lowest BCUT2D eigenvalue weighted by Crippen LogP contribution is -2.42. The Morgan fingerprint density at radius 1 is 1.18 bits per heavy atom. The van der Waals surface area contributed by atoms with Crippen LogP contribution < -0.4 is 10.6 Å². The number of halogens is 1. The molecule has 2 N–H and O–H groups in total. The molecule has 17 heavy (non-hydrogen) atoms. The topological polar surface area (TPSA) is 58.2 Å². The molecule has 0 bridgehead atoms. The van der Waals surface area contributed by atoms with Gasteiger partial charge in [0.15, 0.2) is 0 Å². The van der Waals surface area contributed by atoms with E-state index in [1.807, 2.05) is 0 Å². The first kappa shape index (κ1) is 14.3. The van der Waals surface area contributed by atoms with Crippen molar-refractivity contribution >= 4 is 23.5 Å². The molecule has 1 saturated carbocycles. The third-order valence-corrected chi connectivity index (χ3v) is 3.71. The molecule has 0 radical (unpaired) electrons. The van der Waals surface area contributed by atoms with Crippen LogP contribution in [0.25, 0.3) is 0 Å². The summed E-state index contributed by atoms with van der Waals surface area (Å²) in [7, 11) is 0. The molecule has 3 amide bonds. The van der Waals surface area contributed by atoms with E-state index in [4.69, 9.17) is 11.6 Å². The lowest BCUT2D eigenvalue weighted by molar-refractivity contribution is -0.117. The van der Waals surface area contributed by atoms with Crippen molar-refractivity contribution in [3.05, 3.63) is 0 Å². The van der Waals surface area contributed by atoms with Crippen LogP contribution in [-0.4, -0.2) is 24.4 Å². The highest BCUT2D eigenvalue weighted by atomic mass is 35.5. The van der Waals surface area contributed by atoms with Crippen LogP contribution in [0.5, 0.6) is 0 Å². The molecule has 0 aliphatic heterocycles. The molecule has 4 nitrogen and oxygen atoms in total. The number of imide groups is 1. The molecule has 0 spiro atoms. The number of amides is 3. The van der Waals surface area contributed by atoms with Crippen LogP contribution in [0, 0.1) is 11.8 Å². The van der Waals surface area contributed by atoms with E-state index in [1.165, 1.54) is 32.1 Å². The van der Waals surface area contributed by atoms with E-state index in [2.05, 4.69) is 17.6 Å². The Balaban J connectivity index is 2.14. The van der Waals surface area contributed by atoms with E-state index < -0.39 is 11.9 Å². The number of rotatable bonds is 4. The lowest BCUT2D eigenvalue weighted by atomic mass is 9.81. The van der Waals surface area contributed by atoms with Gasteiger partial charge in [-0.3, -0.25) is 10.1 Å². The standard InChI is InChI=1S/C12H21ClN2O2/c1-2-9-3-5-10(6-4-9)8-14-12(17)15-11(16)7-13/h9-10H,2-8H2,1H3,(H2,14,15,16,17). The highest BCUT2D eigenvalue weighted by molar-refractivity contribution is 6.28. The molecular weight excluding hydrogens is 240 g/mol. The summed E-state index contributed by atoms with van der Waals surface area (Å²) in [6, 6.07) is -0.437. The number of carbonyl (C=O) groups is 2. The van der Waals surface area contributed by atoms with Crippen LogP contribution in [0.3, 0.4) is 0 Å². The van der Waals surface area contributed by atoms with E-state index in [0.29, 0.717) is 12.5 Å². The van der Waals surface area contributed by atoms with Crippen molar-refractivity contribution in [1.82, 2.24) is 10.6 Å². The van der Waals surface area contributed by atoms with Gasteiger partial charge in [0.05, 0.1) is 0 Å². The molecule has 0 atom stereocenters. The average Bonchev–Trinajstić information content (AvgIpc) is 2.36. The van der Waals surface area contributed by atoms with Crippen LogP contribution in [0.2, 0.25) is 0 Å². The molecule has 5 heteroatoms. The van der Waals surface area contributed by atoms with E-state index in [0.717, 1.165) is 5.92 Å². The largest absolute Gasteiger partial charge is 0.338 e. The van der Waals surface area contributed by atoms with Crippen molar-refractivity contribution in [2.45, 2.75) is 39.0 Å². The zero-order chi connectivity index (χ0) is 12.7. The van der Waals surface area contributed by atoms with E-state index >= 15 is 0 Å². The summed E-state index contributed by atoms with van der Waals surface area (Å²) in [5, 5.41) is 4.89. The first-order valence-corrected chi connectivity index (χ1v) is 6.82. The summed E-state index contributed by atoms with van der Waals surface area (Å²) in [4.78, 5) is 22.1. The summed E-state index contributed by atoms with van der Waals surface area (Å²) in [6.45, 7) is 2.88. The monoisotopic (exact) mass is 260 g/mol. The van der Waals surface area contributed by atoms with Gasteiger partial charge >= 0.3 is 6.03 Å². The predicted molar refractivity (Wildman–Crippen MR) is 68.0 cm³/mol. The number of urea groups is 1. The van der Waals surface area contributed by atoms with Gasteiger partial charge in [0, 0.05) is 6.54 Å². The molecule has 1 rings (SSSR count). The minimum Gasteiger partial charge on any atom is -0.338 e. The maximum absolute atomic E-state index is 11.3. The van der Waals surface area contributed by atoms with Crippen LogP contribution in [-0.2, 0) is 4.79 Å². The van der Waals surface area contributed by atoms with Crippen molar-refractivity contribution in [3.63, 3.8) is 0 Å². The number of nitrogens with one attached hydrogen (secondary N) is 2. The van der Waals surface area contributed by atoms with E-state index in [9.17, 15) is 9.59 Å². The minimum absolute atomic E-state index is 0.185. The summed E-state index contributed by atoms with van der Waals surface area (Å²) in [5.74, 6) is 0.765. The second-order valence-electron chi connectivity index (χ2n) is 4.69. The fourth-order valence-electron chi connectivity index (χ4n) is 2.29. The van der Waals surface area contributed by atoms with Crippen LogP contribution in [0.4, 0.5) is 4.79 Å². The maximum Gasteiger partial charge on any atom is 0.321 e. The van der Waals surface area contributed by atoms with Crippen molar-refractivity contribution < 1.29 is 9.59 Å². The maximum atomic E-state index is 11.3. The van der Waals surface area contributed by atoms with Gasteiger partial charge < -0.3 is 5.32 Å². The van der Waals surface area contributed by atoms with Gasteiger partial charge in [0.1, 0.15) is 5.88 Å². The highest BCUT2D eigenvalue weighted by Gasteiger charge is 2.20. The number of hydrogen-bond acceptors (Lipinski definition) is 2. The van der Waals surface area contributed by atoms with E-state index in [1.54, 1.807) is 0 Å². The average molecular weight is 261 g/mol. The van der Waals surface area contributed by atoms with Gasteiger partial charge in [-0.25, -0.2) is 4.79 Å². The highest BCUT2D eigenvalue weighted by Crippen LogP contribution is 2.29. The fourth-order valence-corrected chi connectivity index (χ4v) is 2.35. The third kappa shape index (κ3) is 5.39. The quantitative estimate of drug-likeness (QED) is 0.762. The van der Waals surface area contributed by atoms with Gasteiger partial charge in [0.25, 0.3) is 0 Å². The zero-order valence-electron chi connectivity index (χ0n) is 10.3. The lowest BCUT2D eigenvalue weighted by Gasteiger charge is -2.27. The van der Waals surface area contributed by atoms with Crippen molar-refractivity contribution in [2.75, 3.05) is 12.4 Å². The van der Waals surface area contributed by atoms with Crippen LogP contribution in [0.15, 0.2) is 0 Å². The Morgan fingerprint density at radius 3 is 2.29 bits per heavy atom. The van der Waals surface area contributed by atoms with Crippen molar-refractivity contribution in [3.8, 4) is 0 Å². The molecule has 98 valence electrons. The van der Waals surface area contributed by atoms with Gasteiger partial charge in [0.2, 0.25) is 5.91 Å². The van der Waals surface area contributed by atoms with Crippen molar-refractivity contribution in [2.24, 2.45) is 11.8 Å². The number of alkyl halides is 1. The van der Waals surface area contributed by atoms with Crippen molar-refractivity contribution in [1.29, 1.82) is 0 Å². The van der Waals surface area contributed by atoms with Crippen LogP contribution >= 0.6 is 11.6 Å². The fraction of sp³-hybridized carbons (Fsp3) is 0.833. The second kappa shape index (κ2) is 7.54. The first-order valence-electron chi connectivity index (χ1n) is 6.29. The van der Waals surface area contributed by atoms with Gasteiger partial charge in [-0.05, 0) is 24.7 Å². The summed E-state index contributed by atoms with van der Waals surface area (Å²) in [5.41, 5.74) is 0. The Bertz CT molecular complexity index is 263. The molecule has 0 aromatic carbocycles. The molecular formula is C12H21ClN2O2. The summed E-state index contributed by atoms with van der Waals surface area (Å²) >= 11 is 5.28. The summed E-state index contributed by atoms with van der Waals surface area (Å²) < 4.78 is 0. The Hall–Kier alpha value is -0.770. The van der Waals surface area contributed by atoms with Gasteiger partial charge in [-0.1, -0.05) is 26.2 Å². The second-order valence-corrected chi connectivity index (χ2v) is 4.95. The molecule has 1 aliphatic carbocycles.